The van der Waals surface area contributed by atoms with Gasteiger partial charge in [0.2, 0.25) is 10.0 Å². The van der Waals surface area contributed by atoms with Gasteiger partial charge < -0.3 is 9.64 Å². The fraction of sp³-hybridized carbons (Fsp3) is 0.409. The molecule has 0 N–H and O–H groups in total. The highest BCUT2D eigenvalue weighted by Gasteiger charge is 2.27. The zero-order valence-corrected chi connectivity index (χ0v) is 17.8. The summed E-state index contributed by atoms with van der Waals surface area (Å²) < 4.78 is 32.5. The molecule has 1 aliphatic rings. The van der Waals surface area contributed by atoms with E-state index in [-0.39, 0.29) is 10.8 Å². The van der Waals surface area contributed by atoms with Crippen molar-refractivity contribution in [2.75, 3.05) is 32.8 Å². The maximum Gasteiger partial charge on any atom is 0.254 e. The first-order chi connectivity index (χ1) is 13.9. The van der Waals surface area contributed by atoms with E-state index < -0.39 is 10.0 Å². The van der Waals surface area contributed by atoms with Crippen molar-refractivity contribution in [3.63, 3.8) is 0 Å². The van der Waals surface area contributed by atoms with Crippen LogP contribution in [0.2, 0.25) is 0 Å². The van der Waals surface area contributed by atoms with Crippen LogP contribution in [0, 0.1) is 6.92 Å². The summed E-state index contributed by atoms with van der Waals surface area (Å²) in [6.45, 7) is 6.58. The van der Waals surface area contributed by atoms with Gasteiger partial charge >= 0.3 is 0 Å². The second-order valence-electron chi connectivity index (χ2n) is 7.26. The van der Waals surface area contributed by atoms with Gasteiger partial charge in [-0.2, -0.15) is 4.31 Å². The SMILES string of the molecule is CCCN(Cc1ccc(C)cc1)C(=O)c1cccc(S(=O)(=O)N2CCOCC2)c1. The van der Waals surface area contributed by atoms with Crippen molar-refractivity contribution in [3.8, 4) is 0 Å². The number of carbonyl (C=O) groups is 1. The Balaban J connectivity index is 1.83. The molecule has 1 heterocycles. The van der Waals surface area contributed by atoms with Gasteiger partial charge in [-0.25, -0.2) is 8.42 Å². The first-order valence-corrected chi connectivity index (χ1v) is 11.4. The molecule has 0 aliphatic carbocycles. The minimum Gasteiger partial charge on any atom is -0.379 e. The second kappa shape index (κ2) is 9.52. The zero-order valence-electron chi connectivity index (χ0n) is 17.0. The second-order valence-corrected chi connectivity index (χ2v) is 9.19. The Kier molecular flexibility index (Phi) is 7.05. The number of aryl methyl sites for hydroxylation is 1. The molecule has 1 fully saturated rings. The van der Waals surface area contributed by atoms with Gasteiger partial charge in [0.25, 0.3) is 5.91 Å². The van der Waals surface area contributed by atoms with E-state index in [1.54, 1.807) is 23.1 Å². The quantitative estimate of drug-likeness (QED) is 0.696. The van der Waals surface area contributed by atoms with Crippen molar-refractivity contribution in [1.29, 1.82) is 0 Å². The summed E-state index contributed by atoms with van der Waals surface area (Å²) in [5.74, 6) is -0.161. The van der Waals surface area contributed by atoms with Crippen LogP contribution in [0.25, 0.3) is 0 Å². The molecule has 0 atom stereocenters. The highest BCUT2D eigenvalue weighted by molar-refractivity contribution is 7.89. The van der Waals surface area contributed by atoms with Crippen molar-refractivity contribution in [2.24, 2.45) is 0 Å². The van der Waals surface area contributed by atoms with E-state index in [9.17, 15) is 13.2 Å². The number of sulfonamides is 1. The Hall–Kier alpha value is -2.22. The Morgan fingerprint density at radius 3 is 2.45 bits per heavy atom. The Labute approximate surface area is 173 Å². The molecule has 156 valence electrons. The van der Waals surface area contributed by atoms with Gasteiger partial charge in [0.05, 0.1) is 18.1 Å². The lowest BCUT2D eigenvalue weighted by Gasteiger charge is -2.26. The molecule has 0 radical (unpaired) electrons. The van der Waals surface area contributed by atoms with Crippen LogP contribution in [0.15, 0.2) is 53.4 Å². The monoisotopic (exact) mass is 416 g/mol. The number of morpholine rings is 1. The minimum atomic E-state index is -3.64. The molecule has 0 unspecified atom stereocenters. The number of hydrogen-bond donors (Lipinski definition) is 0. The first kappa shape index (κ1) is 21.5. The molecule has 0 bridgehead atoms. The molecule has 1 amide bonds. The summed E-state index contributed by atoms with van der Waals surface area (Å²) in [4.78, 5) is 15.1. The maximum atomic E-state index is 13.2. The van der Waals surface area contributed by atoms with E-state index in [0.29, 0.717) is 45.0 Å². The molecular weight excluding hydrogens is 388 g/mol. The van der Waals surface area contributed by atoms with E-state index in [2.05, 4.69) is 0 Å². The van der Waals surface area contributed by atoms with Crippen LogP contribution in [-0.2, 0) is 21.3 Å². The van der Waals surface area contributed by atoms with Crippen molar-refractivity contribution < 1.29 is 17.9 Å². The average Bonchev–Trinajstić information content (AvgIpc) is 2.75. The Morgan fingerprint density at radius 2 is 1.79 bits per heavy atom. The van der Waals surface area contributed by atoms with E-state index in [4.69, 9.17) is 4.74 Å². The third-order valence-corrected chi connectivity index (χ3v) is 6.86. The summed E-state index contributed by atoms with van der Waals surface area (Å²) >= 11 is 0. The summed E-state index contributed by atoms with van der Waals surface area (Å²) in [6, 6.07) is 14.4. The van der Waals surface area contributed by atoms with Crippen molar-refractivity contribution in [1.82, 2.24) is 9.21 Å². The van der Waals surface area contributed by atoms with Crippen LogP contribution >= 0.6 is 0 Å². The molecule has 0 spiro atoms. The number of benzene rings is 2. The van der Waals surface area contributed by atoms with E-state index in [0.717, 1.165) is 12.0 Å². The topological polar surface area (TPSA) is 66.9 Å². The minimum absolute atomic E-state index is 0.150. The molecule has 1 aliphatic heterocycles. The highest BCUT2D eigenvalue weighted by atomic mass is 32.2. The van der Waals surface area contributed by atoms with E-state index in [1.165, 1.54) is 15.9 Å². The van der Waals surface area contributed by atoms with Gasteiger partial charge in [-0.05, 0) is 37.1 Å². The molecule has 1 saturated heterocycles. The number of hydrogen-bond acceptors (Lipinski definition) is 4. The summed E-state index contributed by atoms with van der Waals surface area (Å²) in [6.07, 6.45) is 0.823. The molecule has 3 rings (SSSR count). The molecule has 0 saturated carbocycles. The molecule has 0 aromatic heterocycles. The maximum absolute atomic E-state index is 13.2. The van der Waals surface area contributed by atoms with Crippen molar-refractivity contribution in [3.05, 3.63) is 65.2 Å². The lowest BCUT2D eigenvalue weighted by molar-refractivity contribution is 0.0729. The predicted octanol–water partition coefficient (Wildman–Crippen LogP) is 3.07. The smallest absolute Gasteiger partial charge is 0.254 e. The standard InChI is InChI=1S/C22H28N2O4S/c1-3-11-23(17-19-9-7-18(2)8-10-19)22(25)20-5-4-6-21(16-20)29(26,27)24-12-14-28-15-13-24/h4-10,16H,3,11-15,17H2,1-2H3. The summed E-state index contributed by atoms with van der Waals surface area (Å²) in [5.41, 5.74) is 2.61. The number of rotatable bonds is 7. The van der Waals surface area contributed by atoms with Crippen LogP contribution in [0.5, 0.6) is 0 Å². The van der Waals surface area contributed by atoms with E-state index in [1.807, 2.05) is 38.1 Å². The van der Waals surface area contributed by atoms with E-state index >= 15 is 0 Å². The molecular formula is C22H28N2O4S. The third kappa shape index (κ3) is 5.23. The van der Waals surface area contributed by atoms with Gasteiger partial charge in [-0.1, -0.05) is 42.8 Å². The summed E-state index contributed by atoms with van der Waals surface area (Å²) in [5, 5.41) is 0. The largest absolute Gasteiger partial charge is 0.379 e. The average molecular weight is 417 g/mol. The highest BCUT2D eigenvalue weighted by Crippen LogP contribution is 2.20. The number of nitrogens with zero attached hydrogens (tertiary/aromatic N) is 2. The van der Waals surface area contributed by atoms with Gasteiger partial charge in [0.15, 0.2) is 0 Å². The van der Waals surface area contributed by atoms with Gasteiger partial charge in [0, 0.05) is 31.7 Å². The number of amides is 1. The van der Waals surface area contributed by atoms with Gasteiger partial charge in [-0.15, -0.1) is 0 Å². The fourth-order valence-electron chi connectivity index (χ4n) is 3.34. The van der Waals surface area contributed by atoms with Crippen LogP contribution in [-0.4, -0.2) is 56.4 Å². The predicted molar refractivity (Wildman–Crippen MR) is 112 cm³/mol. The molecule has 7 heteroatoms. The van der Waals surface area contributed by atoms with Crippen molar-refractivity contribution >= 4 is 15.9 Å². The van der Waals surface area contributed by atoms with Gasteiger partial charge in [0.1, 0.15) is 0 Å². The molecule has 29 heavy (non-hydrogen) atoms. The lowest BCUT2D eigenvalue weighted by atomic mass is 10.1. The van der Waals surface area contributed by atoms with Crippen LogP contribution in [0.3, 0.4) is 0 Å². The molecule has 2 aromatic rings. The van der Waals surface area contributed by atoms with Crippen molar-refractivity contribution in [2.45, 2.75) is 31.7 Å². The number of ether oxygens (including phenoxy) is 1. The zero-order chi connectivity index (χ0) is 20.9. The van der Waals surface area contributed by atoms with Gasteiger partial charge in [-0.3, -0.25) is 4.79 Å². The Morgan fingerprint density at radius 1 is 1.10 bits per heavy atom. The lowest BCUT2D eigenvalue weighted by Crippen LogP contribution is -2.40. The fourth-order valence-corrected chi connectivity index (χ4v) is 4.80. The van der Waals surface area contributed by atoms with Crippen LogP contribution < -0.4 is 0 Å². The third-order valence-electron chi connectivity index (χ3n) is 4.96. The van der Waals surface area contributed by atoms with Crippen LogP contribution in [0.1, 0.15) is 34.8 Å². The molecule has 2 aromatic carbocycles. The first-order valence-electron chi connectivity index (χ1n) is 9.94. The summed E-state index contributed by atoms with van der Waals surface area (Å²) in [7, 11) is -3.64. The normalized spacial score (nSPS) is 15.2. The van der Waals surface area contributed by atoms with Crippen LogP contribution in [0.4, 0.5) is 0 Å². The Bertz CT molecular complexity index is 936. The molecule has 6 nitrogen and oxygen atoms in total. The number of carbonyl (C=O) groups excluding carboxylic acids is 1.